The van der Waals surface area contributed by atoms with Crippen molar-refractivity contribution in [1.82, 2.24) is 9.97 Å². The van der Waals surface area contributed by atoms with Gasteiger partial charge in [0.2, 0.25) is 11.9 Å². The molecule has 8 nitrogen and oxygen atoms in total. The number of nitrogens with one attached hydrogen (secondary N) is 2. The molecule has 4 rings (SSSR count). The number of hydrogen-bond acceptors (Lipinski definition) is 7. The van der Waals surface area contributed by atoms with Gasteiger partial charge in [0.1, 0.15) is 5.75 Å². The lowest BCUT2D eigenvalue weighted by molar-refractivity contribution is -0.114. The summed E-state index contributed by atoms with van der Waals surface area (Å²) < 4.78 is 10.8. The molecule has 2 N–H and O–H groups in total. The molecule has 3 aromatic rings. The fourth-order valence-corrected chi connectivity index (χ4v) is 3.43. The van der Waals surface area contributed by atoms with E-state index in [1.807, 2.05) is 30.3 Å². The van der Waals surface area contributed by atoms with Gasteiger partial charge in [-0.05, 0) is 42.5 Å². The van der Waals surface area contributed by atoms with Crippen molar-refractivity contribution >= 4 is 28.9 Å². The fraction of sp³-hybridized carbons (Fsp3) is 0.261. The van der Waals surface area contributed by atoms with Crippen molar-refractivity contribution in [2.75, 3.05) is 48.9 Å². The van der Waals surface area contributed by atoms with Crippen LogP contribution < -0.4 is 20.3 Å². The maximum atomic E-state index is 11.4. The number of carbonyl (C=O) groups is 1. The Labute approximate surface area is 181 Å². The summed E-state index contributed by atoms with van der Waals surface area (Å²) in [7, 11) is 1.57. The number of methoxy groups -OCH3 is 1. The molecule has 0 radical (unpaired) electrons. The molecule has 2 heterocycles. The topological polar surface area (TPSA) is 88.6 Å². The normalized spacial score (nSPS) is 13.5. The lowest BCUT2D eigenvalue weighted by Gasteiger charge is -2.28. The molecule has 0 aliphatic carbocycles. The number of amides is 1. The van der Waals surface area contributed by atoms with Gasteiger partial charge in [-0.25, -0.2) is 9.97 Å². The highest BCUT2D eigenvalue weighted by molar-refractivity contribution is 5.91. The molecule has 0 spiro atoms. The van der Waals surface area contributed by atoms with Gasteiger partial charge in [-0.15, -0.1) is 0 Å². The fourth-order valence-electron chi connectivity index (χ4n) is 3.43. The number of morpholine rings is 1. The molecule has 2 aromatic carbocycles. The van der Waals surface area contributed by atoms with Gasteiger partial charge in [0.15, 0.2) is 0 Å². The van der Waals surface area contributed by atoms with Crippen LogP contribution in [0, 0.1) is 0 Å². The largest absolute Gasteiger partial charge is 0.495 e. The van der Waals surface area contributed by atoms with Gasteiger partial charge in [-0.2, -0.15) is 0 Å². The van der Waals surface area contributed by atoms with Gasteiger partial charge in [-0.1, -0.05) is 6.07 Å². The van der Waals surface area contributed by atoms with Crippen molar-refractivity contribution in [1.29, 1.82) is 0 Å². The summed E-state index contributed by atoms with van der Waals surface area (Å²) in [6.45, 7) is 4.79. The van der Waals surface area contributed by atoms with E-state index in [0.29, 0.717) is 17.4 Å². The molecule has 0 atom stereocenters. The first-order valence-electron chi connectivity index (χ1n) is 10.1. The highest BCUT2D eigenvalue weighted by Crippen LogP contribution is 2.30. The molecule has 0 saturated carbocycles. The number of anilines is 4. The van der Waals surface area contributed by atoms with Crippen LogP contribution in [0.15, 0.2) is 54.7 Å². The van der Waals surface area contributed by atoms with Crippen LogP contribution in [0.2, 0.25) is 0 Å². The van der Waals surface area contributed by atoms with Crippen molar-refractivity contribution in [3.63, 3.8) is 0 Å². The van der Waals surface area contributed by atoms with E-state index in [4.69, 9.17) is 9.47 Å². The average molecular weight is 419 g/mol. The summed E-state index contributed by atoms with van der Waals surface area (Å²) in [6.07, 6.45) is 1.71. The van der Waals surface area contributed by atoms with Crippen LogP contribution in [0.1, 0.15) is 6.92 Å². The molecule has 0 bridgehead atoms. The smallest absolute Gasteiger partial charge is 0.227 e. The highest BCUT2D eigenvalue weighted by Gasteiger charge is 2.12. The van der Waals surface area contributed by atoms with Gasteiger partial charge < -0.3 is 25.0 Å². The third-order valence-corrected chi connectivity index (χ3v) is 4.96. The van der Waals surface area contributed by atoms with Gasteiger partial charge in [0.05, 0.1) is 31.7 Å². The van der Waals surface area contributed by atoms with Crippen LogP contribution in [0.25, 0.3) is 11.3 Å². The minimum atomic E-state index is -0.154. The molecule has 1 aliphatic heterocycles. The Hall–Kier alpha value is -3.65. The SMILES string of the molecule is COc1cc(-c2ccnc(Nc3ccc(N4CCOCC4)cc3)n2)ccc1NC(C)=O. The Bertz CT molecular complexity index is 1050. The lowest BCUT2D eigenvalue weighted by Crippen LogP contribution is -2.36. The van der Waals surface area contributed by atoms with Crippen LogP contribution in [0.5, 0.6) is 5.75 Å². The standard InChI is InChI=1S/C23H25N5O3/c1-16(29)25-21-8-3-17(15-22(21)30-2)20-9-10-24-23(27-20)26-18-4-6-19(7-5-18)28-11-13-31-14-12-28/h3-10,15H,11-14H2,1-2H3,(H,25,29)(H,24,26,27). The van der Waals surface area contributed by atoms with Gasteiger partial charge in [-0.3, -0.25) is 4.79 Å². The second kappa shape index (κ2) is 9.44. The maximum absolute atomic E-state index is 11.4. The predicted octanol–water partition coefficient (Wildman–Crippen LogP) is 3.69. The van der Waals surface area contributed by atoms with Crippen LogP contribution in [0.4, 0.5) is 23.0 Å². The summed E-state index contributed by atoms with van der Waals surface area (Å²) in [4.78, 5) is 22.6. The quantitative estimate of drug-likeness (QED) is 0.630. The first-order chi connectivity index (χ1) is 15.1. The summed E-state index contributed by atoms with van der Waals surface area (Å²) in [5.41, 5.74) is 4.31. The molecule has 1 aromatic heterocycles. The minimum absolute atomic E-state index is 0.154. The van der Waals surface area contributed by atoms with E-state index in [9.17, 15) is 4.79 Å². The van der Waals surface area contributed by atoms with Gasteiger partial charge >= 0.3 is 0 Å². The van der Waals surface area contributed by atoms with E-state index >= 15 is 0 Å². The molecule has 0 unspecified atom stereocenters. The Morgan fingerprint density at radius 2 is 1.87 bits per heavy atom. The van der Waals surface area contributed by atoms with Crippen LogP contribution in [0.3, 0.4) is 0 Å². The zero-order valence-corrected chi connectivity index (χ0v) is 17.6. The number of benzene rings is 2. The third kappa shape index (κ3) is 5.10. The van der Waals surface area contributed by atoms with E-state index in [1.165, 1.54) is 12.6 Å². The van der Waals surface area contributed by atoms with E-state index in [0.717, 1.165) is 43.2 Å². The van der Waals surface area contributed by atoms with Crippen molar-refractivity contribution in [3.05, 3.63) is 54.7 Å². The van der Waals surface area contributed by atoms with E-state index < -0.39 is 0 Å². The lowest BCUT2D eigenvalue weighted by atomic mass is 10.1. The second-order valence-corrected chi connectivity index (χ2v) is 7.13. The second-order valence-electron chi connectivity index (χ2n) is 7.13. The monoisotopic (exact) mass is 419 g/mol. The number of hydrogen-bond donors (Lipinski definition) is 2. The van der Waals surface area contributed by atoms with Crippen LogP contribution >= 0.6 is 0 Å². The van der Waals surface area contributed by atoms with Crippen molar-refractivity contribution in [2.24, 2.45) is 0 Å². The van der Waals surface area contributed by atoms with Crippen molar-refractivity contribution < 1.29 is 14.3 Å². The van der Waals surface area contributed by atoms with Crippen molar-refractivity contribution in [3.8, 4) is 17.0 Å². The van der Waals surface area contributed by atoms with E-state index in [2.05, 4.69) is 37.6 Å². The minimum Gasteiger partial charge on any atom is -0.495 e. The first kappa shape index (κ1) is 20.6. The number of aromatic nitrogens is 2. The molecule has 160 valence electrons. The van der Waals surface area contributed by atoms with E-state index in [1.54, 1.807) is 19.4 Å². The van der Waals surface area contributed by atoms with Gasteiger partial charge in [0, 0.05) is 43.1 Å². The molecule has 1 aliphatic rings. The van der Waals surface area contributed by atoms with Crippen molar-refractivity contribution in [2.45, 2.75) is 6.92 Å². The number of rotatable bonds is 6. The number of ether oxygens (including phenoxy) is 2. The Morgan fingerprint density at radius 1 is 1.10 bits per heavy atom. The molecule has 1 amide bonds. The molecule has 8 heteroatoms. The summed E-state index contributed by atoms with van der Waals surface area (Å²) in [6, 6.07) is 15.6. The van der Waals surface area contributed by atoms with E-state index in [-0.39, 0.29) is 5.91 Å². The number of nitrogens with zero attached hydrogens (tertiary/aromatic N) is 3. The summed E-state index contributed by atoms with van der Waals surface area (Å²) >= 11 is 0. The third-order valence-electron chi connectivity index (χ3n) is 4.96. The highest BCUT2D eigenvalue weighted by atomic mass is 16.5. The zero-order chi connectivity index (χ0) is 21.6. The van der Waals surface area contributed by atoms with Crippen LogP contribution in [-0.4, -0.2) is 49.3 Å². The summed E-state index contributed by atoms with van der Waals surface area (Å²) in [5, 5.41) is 6.01. The molecule has 1 saturated heterocycles. The molecular weight excluding hydrogens is 394 g/mol. The molecule has 31 heavy (non-hydrogen) atoms. The molecular formula is C23H25N5O3. The predicted molar refractivity (Wildman–Crippen MR) is 121 cm³/mol. The van der Waals surface area contributed by atoms with Gasteiger partial charge in [0.25, 0.3) is 0 Å². The summed E-state index contributed by atoms with van der Waals surface area (Å²) in [5.74, 6) is 0.917. The Morgan fingerprint density at radius 3 is 2.58 bits per heavy atom. The van der Waals surface area contributed by atoms with Crippen LogP contribution in [-0.2, 0) is 9.53 Å². The Kier molecular flexibility index (Phi) is 6.28. The number of carbonyl (C=O) groups excluding carboxylic acids is 1. The zero-order valence-electron chi connectivity index (χ0n) is 17.6. The maximum Gasteiger partial charge on any atom is 0.227 e. The molecule has 1 fully saturated rings. The Balaban J connectivity index is 1.50. The first-order valence-corrected chi connectivity index (χ1v) is 10.1. The average Bonchev–Trinajstić information content (AvgIpc) is 2.80.